The van der Waals surface area contributed by atoms with Gasteiger partial charge in [0.2, 0.25) is 5.91 Å². The number of hydrogen-bond acceptors (Lipinski definition) is 4. The number of rotatable bonds is 7. The lowest BCUT2D eigenvalue weighted by Crippen LogP contribution is -2.30. The molecule has 1 aromatic rings. The predicted molar refractivity (Wildman–Crippen MR) is 69.4 cm³/mol. The van der Waals surface area contributed by atoms with Crippen molar-refractivity contribution in [3.05, 3.63) is 23.8 Å². The fraction of sp³-hybridized carbons (Fsp3) is 0.462. The van der Waals surface area contributed by atoms with E-state index in [2.05, 4.69) is 5.32 Å². The minimum absolute atomic E-state index is 0.0300. The third-order valence-electron chi connectivity index (χ3n) is 2.53. The summed E-state index contributed by atoms with van der Waals surface area (Å²) in [5.74, 6) is 0.264. The number of nitrogens with one attached hydrogen (secondary N) is 1. The van der Waals surface area contributed by atoms with E-state index in [0.717, 1.165) is 5.56 Å². The number of benzene rings is 1. The van der Waals surface area contributed by atoms with Crippen LogP contribution in [-0.2, 0) is 11.3 Å². The normalized spacial score (nSPS) is 12.1. The maximum atomic E-state index is 10.7. The van der Waals surface area contributed by atoms with Crippen LogP contribution in [0.5, 0.6) is 11.5 Å². The van der Waals surface area contributed by atoms with Crippen molar-refractivity contribution in [1.82, 2.24) is 5.32 Å². The van der Waals surface area contributed by atoms with Crippen molar-refractivity contribution >= 4 is 5.91 Å². The first-order chi connectivity index (χ1) is 8.54. The number of aromatic hydroxyl groups is 1. The van der Waals surface area contributed by atoms with Gasteiger partial charge in [-0.3, -0.25) is 4.79 Å². The fourth-order valence-corrected chi connectivity index (χ4v) is 1.64. The summed E-state index contributed by atoms with van der Waals surface area (Å²) in [6, 6.07) is 5.31. The van der Waals surface area contributed by atoms with Crippen molar-refractivity contribution in [2.75, 3.05) is 6.61 Å². The monoisotopic (exact) mass is 252 g/mol. The van der Waals surface area contributed by atoms with Crippen LogP contribution >= 0.6 is 0 Å². The third kappa shape index (κ3) is 4.25. The standard InChI is InChI=1S/C13H20N2O3/c1-3-18-11-6-4-5-10(13(11)17)8-15-9(2)7-12(14)16/h4-6,9,15,17H,3,7-8H2,1-2H3,(H2,14,16). The van der Waals surface area contributed by atoms with E-state index in [1.54, 1.807) is 6.07 Å². The fourth-order valence-electron chi connectivity index (χ4n) is 1.64. The van der Waals surface area contributed by atoms with Crippen molar-refractivity contribution in [2.45, 2.75) is 32.9 Å². The van der Waals surface area contributed by atoms with E-state index in [4.69, 9.17) is 10.5 Å². The molecule has 18 heavy (non-hydrogen) atoms. The zero-order chi connectivity index (χ0) is 13.5. The number of para-hydroxylation sites is 1. The Kier molecular flexibility index (Phi) is 5.45. The molecule has 0 aliphatic rings. The van der Waals surface area contributed by atoms with Gasteiger partial charge in [0.1, 0.15) is 0 Å². The van der Waals surface area contributed by atoms with Crippen LogP contribution in [0.4, 0.5) is 0 Å². The summed E-state index contributed by atoms with van der Waals surface area (Å²) in [4.78, 5) is 10.7. The number of amides is 1. The van der Waals surface area contributed by atoms with Crippen molar-refractivity contribution in [3.63, 3.8) is 0 Å². The summed E-state index contributed by atoms with van der Waals surface area (Å²) in [5, 5.41) is 13.1. The van der Waals surface area contributed by atoms with Crippen LogP contribution in [0.3, 0.4) is 0 Å². The van der Waals surface area contributed by atoms with Crippen LogP contribution in [0, 0.1) is 0 Å². The molecule has 0 aliphatic carbocycles. The number of primary amides is 1. The molecule has 1 amide bonds. The molecule has 0 heterocycles. The minimum atomic E-state index is -0.345. The lowest BCUT2D eigenvalue weighted by molar-refractivity contribution is -0.118. The molecular weight excluding hydrogens is 232 g/mol. The van der Waals surface area contributed by atoms with E-state index < -0.39 is 0 Å². The number of nitrogens with two attached hydrogens (primary N) is 1. The number of phenols is 1. The number of carbonyl (C=O) groups excluding carboxylic acids is 1. The van der Waals surface area contributed by atoms with Crippen LogP contribution in [0.15, 0.2) is 18.2 Å². The van der Waals surface area contributed by atoms with Gasteiger partial charge in [0.05, 0.1) is 6.61 Å². The maximum absolute atomic E-state index is 10.7. The Labute approximate surface area is 107 Å². The van der Waals surface area contributed by atoms with Crippen LogP contribution in [-0.4, -0.2) is 23.7 Å². The third-order valence-corrected chi connectivity index (χ3v) is 2.53. The van der Waals surface area contributed by atoms with E-state index in [1.807, 2.05) is 26.0 Å². The van der Waals surface area contributed by atoms with Gasteiger partial charge in [-0.1, -0.05) is 12.1 Å². The molecule has 100 valence electrons. The molecule has 0 bridgehead atoms. The van der Waals surface area contributed by atoms with Crippen molar-refractivity contribution in [1.29, 1.82) is 0 Å². The number of hydrogen-bond donors (Lipinski definition) is 3. The highest BCUT2D eigenvalue weighted by Gasteiger charge is 2.10. The Morgan fingerprint density at radius 3 is 2.89 bits per heavy atom. The van der Waals surface area contributed by atoms with Gasteiger partial charge in [0.15, 0.2) is 11.5 Å². The SMILES string of the molecule is CCOc1cccc(CNC(C)CC(N)=O)c1O. The molecule has 0 fully saturated rings. The summed E-state index contributed by atoms with van der Waals surface area (Å²) >= 11 is 0. The van der Waals surface area contributed by atoms with Gasteiger partial charge in [0.25, 0.3) is 0 Å². The molecule has 1 unspecified atom stereocenters. The topological polar surface area (TPSA) is 84.6 Å². The Bertz CT molecular complexity index is 407. The Hall–Kier alpha value is -1.75. The second kappa shape index (κ2) is 6.86. The summed E-state index contributed by atoms with van der Waals surface area (Å²) in [5.41, 5.74) is 5.84. The van der Waals surface area contributed by atoms with Gasteiger partial charge in [-0.15, -0.1) is 0 Å². The lowest BCUT2D eigenvalue weighted by Gasteiger charge is -2.14. The molecule has 1 rings (SSSR count). The number of ether oxygens (including phenoxy) is 1. The van der Waals surface area contributed by atoms with E-state index in [9.17, 15) is 9.90 Å². The highest BCUT2D eigenvalue weighted by atomic mass is 16.5. The summed E-state index contributed by atoms with van der Waals surface area (Å²) < 4.78 is 5.30. The van der Waals surface area contributed by atoms with E-state index in [0.29, 0.717) is 18.9 Å². The Morgan fingerprint density at radius 2 is 2.28 bits per heavy atom. The largest absolute Gasteiger partial charge is 0.504 e. The summed E-state index contributed by atoms with van der Waals surface area (Å²) in [7, 11) is 0. The number of carbonyl (C=O) groups is 1. The van der Waals surface area contributed by atoms with Gasteiger partial charge < -0.3 is 20.9 Å². The van der Waals surface area contributed by atoms with E-state index >= 15 is 0 Å². The van der Waals surface area contributed by atoms with Gasteiger partial charge in [-0.05, 0) is 19.9 Å². The molecule has 1 aromatic carbocycles. The van der Waals surface area contributed by atoms with Crippen LogP contribution in [0.1, 0.15) is 25.8 Å². The first kappa shape index (κ1) is 14.3. The maximum Gasteiger partial charge on any atom is 0.218 e. The van der Waals surface area contributed by atoms with Crippen molar-refractivity contribution in [3.8, 4) is 11.5 Å². The van der Waals surface area contributed by atoms with Crippen LogP contribution in [0.25, 0.3) is 0 Å². The molecule has 0 spiro atoms. The molecule has 0 radical (unpaired) electrons. The van der Waals surface area contributed by atoms with Crippen LogP contribution in [0.2, 0.25) is 0 Å². The molecule has 0 saturated heterocycles. The average molecular weight is 252 g/mol. The minimum Gasteiger partial charge on any atom is -0.504 e. The van der Waals surface area contributed by atoms with Crippen molar-refractivity contribution < 1.29 is 14.6 Å². The van der Waals surface area contributed by atoms with E-state index in [1.165, 1.54) is 0 Å². The predicted octanol–water partition coefficient (Wildman–Crippen LogP) is 1.14. The zero-order valence-electron chi connectivity index (χ0n) is 10.8. The summed E-state index contributed by atoms with van der Waals surface area (Å²) in [6.07, 6.45) is 0.270. The lowest BCUT2D eigenvalue weighted by atomic mass is 10.1. The Morgan fingerprint density at radius 1 is 1.56 bits per heavy atom. The van der Waals surface area contributed by atoms with Gasteiger partial charge in [-0.25, -0.2) is 0 Å². The molecule has 1 atom stereocenters. The highest BCUT2D eigenvalue weighted by Crippen LogP contribution is 2.29. The average Bonchev–Trinajstić information content (AvgIpc) is 2.29. The second-order valence-corrected chi connectivity index (χ2v) is 4.15. The molecular formula is C13H20N2O3. The smallest absolute Gasteiger partial charge is 0.218 e. The first-order valence-corrected chi connectivity index (χ1v) is 6.00. The van der Waals surface area contributed by atoms with Gasteiger partial charge in [0, 0.05) is 24.6 Å². The number of phenolic OH excluding ortho intramolecular Hbond substituents is 1. The quantitative estimate of drug-likeness (QED) is 0.679. The highest BCUT2D eigenvalue weighted by molar-refractivity contribution is 5.74. The zero-order valence-corrected chi connectivity index (χ0v) is 10.8. The summed E-state index contributed by atoms with van der Waals surface area (Å²) in [6.45, 7) is 4.69. The van der Waals surface area contributed by atoms with Gasteiger partial charge in [-0.2, -0.15) is 0 Å². The second-order valence-electron chi connectivity index (χ2n) is 4.15. The first-order valence-electron chi connectivity index (χ1n) is 6.00. The molecule has 0 saturated carbocycles. The van der Waals surface area contributed by atoms with Crippen LogP contribution < -0.4 is 15.8 Å². The molecule has 5 heteroatoms. The molecule has 0 aliphatic heterocycles. The van der Waals surface area contributed by atoms with Gasteiger partial charge >= 0.3 is 0 Å². The van der Waals surface area contributed by atoms with E-state index in [-0.39, 0.29) is 24.1 Å². The van der Waals surface area contributed by atoms with Crippen molar-refractivity contribution in [2.24, 2.45) is 5.73 Å². The Balaban J connectivity index is 2.62. The molecule has 5 nitrogen and oxygen atoms in total. The molecule has 0 aromatic heterocycles. The molecule has 4 N–H and O–H groups in total.